The van der Waals surface area contributed by atoms with Gasteiger partial charge in [0.25, 0.3) is 0 Å². The van der Waals surface area contributed by atoms with Crippen LogP contribution in [0.1, 0.15) is 32.1 Å². The molecule has 1 N–H and O–H groups in total. The average Bonchev–Trinajstić information content (AvgIpc) is 2.46. The molecule has 0 amide bonds. The third-order valence-corrected chi connectivity index (χ3v) is 3.07. The molecule has 0 aromatic carbocycles. The molecule has 14 heavy (non-hydrogen) atoms. The number of hydrogen-bond acceptors (Lipinski definition) is 3. The molecule has 1 atom stereocenters. The van der Waals surface area contributed by atoms with Crippen LogP contribution in [0, 0.1) is 0 Å². The van der Waals surface area contributed by atoms with Gasteiger partial charge in [0.2, 0.25) is 0 Å². The Labute approximate surface area is 84.7 Å². The maximum absolute atomic E-state index is 10.4. The normalized spacial score (nSPS) is 34.2. The third-order valence-electron chi connectivity index (χ3n) is 3.07. The molecule has 1 saturated heterocycles. The smallest absolute Gasteiger partial charge is 0.0911 e. The van der Waals surface area contributed by atoms with E-state index in [2.05, 4.69) is 0 Å². The summed E-state index contributed by atoms with van der Waals surface area (Å²) in [6, 6.07) is 0. The van der Waals surface area contributed by atoms with Gasteiger partial charge in [-0.3, -0.25) is 0 Å². The van der Waals surface area contributed by atoms with Gasteiger partial charge in [0, 0.05) is 19.6 Å². The van der Waals surface area contributed by atoms with Crippen LogP contribution in [-0.2, 0) is 9.47 Å². The van der Waals surface area contributed by atoms with E-state index in [1.807, 2.05) is 0 Å². The maximum atomic E-state index is 10.4. The highest BCUT2D eigenvalue weighted by Crippen LogP contribution is 2.33. The molecule has 3 nitrogen and oxygen atoms in total. The van der Waals surface area contributed by atoms with Gasteiger partial charge >= 0.3 is 0 Å². The highest BCUT2D eigenvalue weighted by molar-refractivity contribution is 5.16. The predicted octanol–water partition coefficient (Wildman–Crippen LogP) is 1.61. The lowest BCUT2D eigenvalue weighted by atomic mass is 9.84. The molecule has 0 radical (unpaired) electrons. The van der Waals surface area contributed by atoms with Crippen LogP contribution in [-0.4, -0.2) is 30.5 Å². The zero-order chi connectivity index (χ0) is 9.86. The van der Waals surface area contributed by atoms with Crippen LogP contribution >= 0.6 is 0 Å². The van der Waals surface area contributed by atoms with Crippen molar-refractivity contribution in [3.8, 4) is 0 Å². The van der Waals surface area contributed by atoms with E-state index in [0.717, 1.165) is 44.5 Å². The monoisotopic (exact) mass is 198 g/mol. The molecule has 0 saturated carbocycles. The van der Waals surface area contributed by atoms with Crippen molar-refractivity contribution in [2.75, 3.05) is 19.8 Å². The van der Waals surface area contributed by atoms with Crippen LogP contribution in [0.15, 0.2) is 11.8 Å². The van der Waals surface area contributed by atoms with E-state index in [1.54, 1.807) is 6.26 Å². The lowest BCUT2D eigenvalue weighted by Gasteiger charge is -2.30. The lowest BCUT2D eigenvalue weighted by molar-refractivity contribution is 0.0400. The molecule has 2 aliphatic heterocycles. The van der Waals surface area contributed by atoms with E-state index in [-0.39, 0.29) is 0 Å². The van der Waals surface area contributed by atoms with Crippen molar-refractivity contribution < 1.29 is 14.6 Å². The first kappa shape index (κ1) is 9.99. The highest BCUT2D eigenvalue weighted by Gasteiger charge is 2.33. The van der Waals surface area contributed by atoms with Crippen LogP contribution in [0.25, 0.3) is 0 Å². The highest BCUT2D eigenvalue weighted by atomic mass is 16.5. The fourth-order valence-corrected chi connectivity index (χ4v) is 2.16. The van der Waals surface area contributed by atoms with Crippen LogP contribution in [0.2, 0.25) is 0 Å². The van der Waals surface area contributed by atoms with E-state index in [0.29, 0.717) is 13.0 Å². The van der Waals surface area contributed by atoms with Gasteiger partial charge in [-0.1, -0.05) is 0 Å². The summed E-state index contributed by atoms with van der Waals surface area (Å²) >= 11 is 0. The van der Waals surface area contributed by atoms with E-state index in [4.69, 9.17) is 9.47 Å². The van der Waals surface area contributed by atoms with E-state index < -0.39 is 5.60 Å². The number of rotatable bonds is 1. The predicted molar refractivity (Wildman–Crippen MR) is 52.9 cm³/mol. The fourth-order valence-electron chi connectivity index (χ4n) is 2.16. The maximum Gasteiger partial charge on any atom is 0.0911 e. The number of aliphatic hydroxyl groups is 1. The molecule has 2 heterocycles. The Bertz CT molecular complexity index is 215. The molecular formula is C11H18O3. The standard InChI is InChI=1S/C11H18O3/c12-11(4-2-7-13-8-5-11)10-3-1-6-14-9-10/h9,12H,1-8H2. The summed E-state index contributed by atoms with van der Waals surface area (Å²) in [5.41, 5.74) is 0.408. The first-order valence-electron chi connectivity index (χ1n) is 5.42. The fraction of sp³-hybridized carbons (Fsp3) is 0.818. The van der Waals surface area contributed by atoms with Crippen LogP contribution in [0.5, 0.6) is 0 Å². The molecule has 0 aromatic rings. The van der Waals surface area contributed by atoms with Gasteiger partial charge in [-0.15, -0.1) is 0 Å². The molecule has 2 aliphatic rings. The zero-order valence-electron chi connectivity index (χ0n) is 8.50. The van der Waals surface area contributed by atoms with Crippen molar-refractivity contribution in [2.24, 2.45) is 0 Å². The summed E-state index contributed by atoms with van der Waals surface area (Å²) in [4.78, 5) is 0. The van der Waals surface area contributed by atoms with Gasteiger partial charge in [-0.25, -0.2) is 0 Å². The van der Waals surface area contributed by atoms with Crippen molar-refractivity contribution in [1.29, 1.82) is 0 Å². The largest absolute Gasteiger partial charge is 0.501 e. The Hall–Kier alpha value is -0.540. The zero-order valence-corrected chi connectivity index (χ0v) is 8.50. The van der Waals surface area contributed by atoms with Gasteiger partial charge in [0.05, 0.1) is 18.5 Å². The minimum absolute atomic E-state index is 0.656. The third kappa shape index (κ3) is 2.10. The van der Waals surface area contributed by atoms with Gasteiger partial charge < -0.3 is 14.6 Å². The summed E-state index contributed by atoms with van der Waals surface area (Å²) in [7, 11) is 0. The Morgan fingerprint density at radius 1 is 1.14 bits per heavy atom. The summed E-state index contributed by atoms with van der Waals surface area (Å²) < 4.78 is 10.6. The second-order valence-electron chi connectivity index (χ2n) is 4.11. The van der Waals surface area contributed by atoms with Gasteiger partial charge in [0.1, 0.15) is 0 Å². The molecule has 1 unspecified atom stereocenters. The Morgan fingerprint density at radius 2 is 2.07 bits per heavy atom. The van der Waals surface area contributed by atoms with Crippen molar-refractivity contribution in [2.45, 2.75) is 37.7 Å². The van der Waals surface area contributed by atoms with Gasteiger partial charge in [-0.2, -0.15) is 0 Å². The first-order chi connectivity index (χ1) is 6.81. The summed E-state index contributed by atoms with van der Waals surface area (Å²) in [5.74, 6) is 0. The molecule has 1 fully saturated rings. The SMILES string of the molecule is OC1(C2=COCCC2)CCCOCC1. The van der Waals surface area contributed by atoms with Crippen molar-refractivity contribution in [3.63, 3.8) is 0 Å². The van der Waals surface area contributed by atoms with Gasteiger partial charge in [-0.05, 0) is 31.3 Å². The van der Waals surface area contributed by atoms with Crippen molar-refractivity contribution >= 4 is 0 Å². The van der Waals surface area contributed by atoms with Crippen molar-refractivity contribution in [3.05, 3.63) is 11.8 Å². The molecule has 0 aromatic heterocycles. The van der Waals surface area contributed by atoms with E-state index >= 15 is 0 Å². The Morgan fingerprint density at radius 3 is 2.86 bits per heavy atom. The van der Waals surface area contributed by atoms with E-state index in [9.17, 15) is 5.11 Å². The minimum atomic E-state index is -0.656. The minimum Gasteiger partial charge on any atom is -0.501 e. The molecular weight excluding hydrogens is 180 g/mol. The van der Waals surface area contributed by atoms with Crippen LogP contribution < -0.4 is 0 Å². The molecule has 0 aliphatic carbocycles. The van der Waals surface area contributed by atoms with Crippen LogP contribution in [0.4, 0.5) is 0 Å². The number of ether oxygens (including phenoxy) is 2. The summed E-state index contributed by atoms with van der Waals surface area (Å²) in [5, 5.41) is 10.4. The molecule has 2 rings (SSSR count). The molecule has 0 spiro atoms. The average molecular weight is 198 g/mol. The number of hydrogen-bond donors (Lipinski definition) is 1. The lowest BCUT2D eigenvalue weighted by Crippen LogP contribution is -2.32. The van der Waals surface area contributed by atoms with Crippen molar-refractivity contribution in [1.82, 2.24) is 0 Å². The Balaban J connectivity index is 2.07. The summed E-state index contributed by atoms with van der Waals surface area (Å²) in [6.45, 7) is 2.22. The van der Waals surface area contributed by atoms with Gasteiger partial charge in [0.15, 0.2) is 0 Å². The topological polar surface area (TPSA) is 38.7 Å². The molecule has 3 heteroatoms. The first-order valence-corrected chi connectivity index (χ1v) is 5.42. The molecule has 0 bridgehead atoms. The Kier molecular flexibility index (Phi) is 3.08. The van der Waals surface area contributed by atoms with E-state index in [1.165, 1.54) is 0 Å². The quantitative estimate of drug-likeness (QED) is 0.695. The molecule has 80 valence electrons. The summed E-state index contributed by atoms with van der Waals surface area (Å²) in [6.07, 6.45) is 6.21. The van der Waals surface area contributed by atoms with Crippen LogP contribution in [0.3, 0.4) is 0 Å². The second-order valence-corrected chi connectivity index (χ2v) is 4.11. The second kappa shape index (κ2) is 4.32.